The molecule has 1 fully saturated rings. The van der Waals surface area contributed by atoms with Gasteiger partial charge in [-0.25, -0.2) is 8.42 Å². The zero-order chi connectivity index (χ0) is 20.0. The molecule has 0 saturated carbocycles. The summed E-state index contributed by atoms with van der Waals surface area (Å²) in [7, 11) is -4.01. The minimum atomic E-state index is -4.01. The van der Waals surface area contributed by atoms with Crippen molar-refractivity contribution in [3.8, 4) is 0 Å². The number of sulfonamides is 1. The van der Waals surface area contributed by atoms with Crippen molar-refractivity contribution in [2.75, 3.05) is 13.1 Å². The molecule has 9 nitrogen and oxygen atoms in total. The van der Waals surface area contributed by atoms with Crippen molar-refractivity contribution in [2.45, 2.75) is 56.0 Å². The molecule has 0 aromatic heterocycles. The van der Waals surface area contributed by atoms with Crippen LogP contribution in [-0.2, 0) is 14.8 Å². The van der Waals surface area contributed by atoms with Gasteiger partial charge in [-0.15, -0.1) is 12.4 Å². The molecule has 0 spiro atoms. The molecule has 1 aliphatic heterocycles. The number of benzene rings is 1. The number of nitrogens with one attached hydrogen (secondary N) is 1. The van der Waals surface area contributed by atoms with Gasteiger partial charge in [-0.3, -0.25) is 14.9 Å². The van der Waals surface area contributed by atoms with Gasteiger partial charge >= 0.3 is 0 Å². The largest absolute Gasteiger partial charge is 0.351 e. The molecule has 2 atom stereocenters. The van der Waals surface area contributed by atoms with Crippen molar-refractivity contribution < 1.29 is 18.1 Å². The van der Waals surface area contributed by atoms with E-state index >= 15 is 0 Å². The summed E-state index contributed by atoms with van der Waals surface area (Å²) < 4.78 is 27.0. The summed E-state index contributed by atoms with van der Waals surface area (Å²) in [5, 5.41) is 13.8. The summed E-state index contributed by atoms with van der Waals surface area (Å²) in [5.74, 6) is -0.368. The standard InChI is InChI=1S/C17H26N4O5S.ClH/c1-2-3-6-13(12-18)19-17(22)16-9-5-10-20(16)27(25,26)15-8-4-7-14(11-15)21(23)24;/h4,7-8,11,13,16H,2-3,5-6,9-10,12,18H2,1H3,(H,19,22);1H. The second-order valence-electron chi connectivity index (χ2n) is 6.61. The van der Waals surface area contributed by atoms with Gasteiger partial charge in [0.2, 0.25) is 15.9 Å². The van der Waals surface area contributed by atoms with Crippen molar-refractivity contribution in [3.05, 3.63) is 34.4 Å². The molecule has 1 amide bonds. The molecule has 1 aromatic rings. The summed E-state index contributed by atoms with van der Waals surface area (Å²) in [4.78, 5) is 22.8. The topological polar surface area (TPSA) is 136 Å². The van der Waals surface area contributed by atoms with Crippen molar-refractivity contribution in [3.63, 3.8) is 0 Å². The number of carbonyl (C=O) groups is 1. The first-order valence-electron chi connectivity index (χ1n) is 9.08. The zero-order valence-corrected chi connectivity index (χ0v) is 17.4. The fraction of sp³-hybridized carbons (Fsp3) is 0.588. The third kappa shape index (κ3) is 5.63. The average molecular weight is 435 g/mol. The van der Waals surface area contributed by atoms with Gasteiger partial charge in [0.05, 0.1) is 9.82 Å². The van der Waals surface area contributed by atoms with Gasteiger partial charge in [0.15, 0.2) is 0 Å². The molecule has 1 aliphatic rings. The van der Waals surface area contributed by atoms with Crippen molar-refractivity contribution in [2.24, 2.45) is 5.73 Å². The second kappa shape index (κ2) is 10.7. The van der Waals surface area contributed by atoms with E-state index in [1.807, 2.05) is 6.92 Å². The fourth-order valence-corrected chi connectivity index (χ4v) is 4.88. The van der Waals surface area contributed by atoms with Crippen LogP contribution in [0.2, 0.25) is 0 Å². The summed E-state index contributed by atoms with van der Waals surface area (Å²) >= 11 is 0. The molecule has 11 heteroatoms. The Morgan fingerprint density at radius 2 is 2.18 bits per heavy atom. The van der Waals surface area contributed by atoms with E-state index < -0.39 is 21.0 Å². The number of nitro benzene ring substituents is 1. The Kier molecular flexibility index (Phi) is 9.28. The summed E-state index contributed by atoms with van der Waals surface area (Å²) in [6.07, 6.45) is 3.59. The van der Waals surface area contributed by atoms with Crippen LogP contribution in [0.15, 0.2) is 29.2 Å². The quantitative estimate of drug-likeness (QED) is 0.449. The first-order valence-corrected chi connectivity index (χ1v) is 10.5. The predicted molar refractivity (Wildman–Crippen MR) is 108 cm³/mol. The lowest BCUT2D eigenvalue weighted by Crippen LogP contribution is -2.50. The maximum absolute atomic E-state index is 13.0. The van der Waals surface area contributed by atoms with Crippen LogP contribution >= 0.6 is 12.4 Å². The maximum Gasteiger partial charge on any atom is 0.270 e. The first-order chi connectivity index (χ1) is 12.8. The van der Waals surface area contributed by atoms with Crippen molar-refractivity contribution in [1.29, 1.82) is 0 Å². The fourth-order valence-electron chi connectivity index (χ4n) is 3.18. The lowest BCUT2D eigenvalue weighted by atomic mass is 10.1. The molecular formula is C17H27ClN4O5S. The third-order valence-electron chi connectivity index (χ3n) is 4.68. The molecule has 1 aromatic carbocycles. The highest BCUT2D eigenvalue weighted by Crippen LogP contribution is 2.28. The summed E-state index contributed by atoms with van der Waals surface area (Å²) in [6.45, 7) is 2.53. The number of nitro groups is 1. The van der Waals surface area contributed by atoms with E-state index in [4.69, 9.17) is 5.73 Å². The molecule has 158 valence electrons. The van der Waals surface area contributed by atoms with E-state index in [-0.39, 0.29) is 48.0 Å². The minimum absolute atomic E-state index is 0. The van der Waals surface area contributed by atoms with E-state index in [9.17, 15) is 23.3 Å². The number of carbonyl (C=O) groups excluding carboxylic acids is 1. The van der Waals surface area contributed by atoms with E-state index in [1.54, 1.807) is 0 Å². The number of hydrogen-bond acceptors (Lipinski definition) is 6. The lowest BCUT2D eigenvalue weighted by molar-refractivity contribution is -0.385. The maximum atomic E-state index is 13.0. The zero-order valence-electron chi connectivity index (χ0n) is 15.7. The van der Waals surface area contributed by atoms with Crippen LogP contribution in [0.5, 0.6) is 0 Å². The van der Waals surface area contributed by atoms with Gasteiger partial charge in [0.25, 0.3) is 5.69 Å². The van der Waals surface area contributed by atoms with Gasteiger partial charge in [-0.2, -0.15) is 4.31 Å². The number of unbranched alkanes of at least 4 members (excludes halogenated alkanes) is 1. The second-order valence-corrected chi connectivity index (χ2v) is 8.50. The smallest absolute Gasteiger partial charge is 0.270 e. The van der Waals surface area contributed by atoms with E-state index in [2.05, 4.69) is 5.32 Å². The molecule has 3 N–H and O–H groups in total. The number of nitrogens with zero attached hydrogens (tertiary/aromatic N) is 2. The van der Waals surface area contributed by atoms with Gasteiger partial charge in [-0.05, 0) is 25.3 Å². The van der Waals surface area contributed by atoms with Crippen LogP contribution in [0.1, 0.15) is 39.0 Å². The molecule has 1 heterocycles. The van der Waals surface area contributed by atoms with Crippen LogP contribution in [0.4, 0.5) is 5.69 Å². The van der Waals surface area contributed by atoms with Gasteiger partial charge < -0.3 is 11.1 Å². The van der Waals surface area contributed by atoms with E-state index in [1.165, 1.54) is 18.2 Å². The van der Waals surface area contributed by atoms with Crippen LogP contribution in [0.3, 0.4) is 0 Å². The average Bonchev–Trinajstić information content (AvgIpc) is 3.16. The summed E-state index contributed by atoms with van der Waals surface area (Å²) in [5.41, 5.74) is 5.40. The Hall–Kier alpha value is -1.75. The molecule has 1 saturated heterocycles. The Labute approximate surface area is 171 Å². The SMILES string of the molecule is CCCCC(CN)NC(=O)C1CCCN1S(=O)(=O)c1cccc([N+](=O)[O-])c1.Cl. The number of rotatable bonds is 9. The molecule has 2 rings (SSSR count). The molecule has 28 heavy (non-hydrogen) atoms. The normalized spacial score (nSPS) is 18.3. The molecule has 0 radical (unpaired) electrons. The van der Waals surface area contributed by atoms with E-state index in [0.29, 0.717) is 12.8 Å². The molecule has 0 bridgehead atoms. The lowest BCUT2D eigenvalue weighted by Gasteiger charge is -2.25. The van der Waals surface area contributed by atoms with Gasteiger partial charge in [-0.1, -0.05) is 25.8 Å². The van der Waals surface area contributed by atoms with Crippen LogP contribution in [0, 0.1) is 10.1 Å². The van der Waals surface area contributed by atoms with Gasteiger partial charge in [0.1, 0.15) is 6.04 Å². The number of hydrogen-bond donors (Lipinski definition) is 2. The Bertz CT molecular complexity index is 790. The predicted octanol–water partition coefficient (Wildman–Crippen LogP) is 1.80. The van der Waals surface area contributed by atoms with Crippen molar-refractivity contribution >= 4 is 34.0 Å². The highest BCUT2D eigenvalue weighted by Gasteiger charge is 2.40. The number of halogens is 1. The summed E-state index contributed by atoms with van der Waals surface area (Å²) in [6, 6.07) is 3.86. The van der Waals surface area contributed by atoms with Crippen LogP contribution in [-0.4, -0.2) is 48.7 Å². The first kappa shape index (κ1) is 24.3. The highest BCUT2D eigenvalue weighted by molar-refractivity contribution is 7.89. The third-order valence-corrected chi connectivity index (χ3v) is 6.58. The van der Waals surface area contributed by atoms with Crippen LogP contribution in [0.25, 0.3) is 0 Å². The Morgan fingerprint density at radius 3 is 2.79 bits per heavy atom. The number of amides is 1. The van der Waals surface area contributed by atoms with Gasteiger partial charge in [0, 0.05) is 31.3 Å². The molecule has 2 unspecified atom stereocenters. The highest BCUT2D eigenvalue weighted by atomic mass is 35.5. The van der Waals surface area contributed by atoms with E-state index in [0.717, 1.165) is 29.6 Å². The minimum Gasteiger partial charge on any atom is -0.351 e. The molecule has 0 aliphatic carbocycles. The Balaban J connectivity index is 0.00000392. The monoisotopic (exact) mass is 434 g/mol. The van der Waals surface area contributed by atoms with Crippen LogP contribution < -0.4 is 11.1 Å². The number of non-ortho nitro benzene ring substituents is 1. The van der Waals surface area contributed by atoms with Crippen molar-refractivity contribution in [1.82, 2.24) is 9.62 Å². The Morgan fingerprint density at radius 1 is 1.46 bits per heavy atom. The molecular weight excluding hydrogens is 408 g/mol. The number of nitrogens with two attached hydrogens (primary N) is 1.